The number of anilines is 3. The molecule has 4 aromatic rings. The highest BCUT2D eigenvalue weighted by molar-refractivity contribution is 7.21. The molecule has 37 heavy (non-hydrogen) atoms. The zero-order valence-corrected chi connectivity index (χ0v) is 22.0. The number of rotatable bonds is 6. The Labute approximate surface area is 219 Å². The van der Waals surface area contributed by atoms with E-state index < -0.39 is 0 Å². The molecule has 0 saturated heterocycles. The van der Waals surface area contributed by atoms with E-state index >= 15 is 0 Å². The van der Waals surface area contributed by atoms with Gasteiger partial charge in [-0.15, -0.1) is 0 Å². The predicted molar refractivity (Wildman–Crippen MR) is 147 cm³/mol. The molecule has 10 heteroatoms. The van der Waals surface area contributed by atoms with Crippen LogP contribution in [0.5, 0.6) is 0 Å². The average molecular weight is 518 g/mol. The zero-order valence-electron chi connectivity index (χ0n) is 21.2. The van der Waals surface area contributed by atoms with E-state index in [2.05, 4.69) is 30.9 Å². The highest BCUT2D eigenvalue weighted by Crippen LogP contribution is 2.30. The monoisotopic (exact) mass is 517 g/mol. The maximum Gasteiger partial charge on any atom is 0.253 e. The Kier molecular flexibility index (Phi) is 7.03. The molecule has 1 aliphatic rings. The summed E-state index contributed by atoms with van der Waals surface area (Å²) >= 11 is 1.44. The van der Waals surface area contributed by atoms with E-state index in [1.807, 2.05) is 51.1 Å². The molecule has 0 radical (unpaired) electrons. The summed E-state index contributed by atoms with van der Waals surface area (Å²) in [5.74, 6) is 1.33. The Hall–Kier alpha value is -3.63. The van der Waals surface area contributed by atoms with Crippen LogP contribution < -0.4 is 16.0 Å². The van der Waals surface area contributed by atoms with Crippen LogP contribution in [0.4, 0.5) is 16.8 Å². The third kappa shape index (κ3) is 6.39. The van der Waals surface area contributed by atoms with Crippen molar-refractivity contribution in [3.63, 3.8) is 0 Å². The first-order valence-corrected chi connectivity index (χ1v) is 13.3. The maximum absolute atomic E-state index is 12.6. The van der Waals surface area contributed by atoms with Gasteiger partial charge in [-0.1, -0.05) is 17.4 Å². The Morgan fingerprint density at radius 2 is 1.78 bits per heavy atom. The minimum Gasteiger partial charge on any atom is -0.393 e. The van der Waals surface area contributed by atoms with Crippen molar-refractivity contribution in [3.05, 3.63) is 54.4 Å². The first-order chi connectivity index (χ1) is 17.7. The van der Waals surface area contributed by atoms with Crippen molar-refractivity contribution in [2.75, 3.05) is 10.6 Å². The number of thiazole rings is 1. The van der Waals surface area contributed by atoms with Crippen LogP contribution in [-0.4, -0.2) is 48.6 Å². The summed E-state index contributed by atoms with van der Waals surface area (Å²) in [7, 11) is 0. The highest BCUT2D eigenvalue weighted by atomic mass is 32.1. The van der Waals surface area contributed by atoms with Gasteiger partial charge in [0.15, 0.2) is 5.13 Å². The predicted octanol–water partition coefficient (Wildman–Crippen LogP) is 5.14. The van der Waals surface area contributed by atoms with Gasteiger partial charge in [0.25, 0.3) is 5.91 Å². The van der Waals surface area contributed by atoms with Gasteiger partial charge in [0.1, 0.15) is 22.0 Å². The maximum atomic E-state index is 12.6. The van der Waals surface area contributed by atoms with Crippen LogP contribution >= 0.6 is 11.3 Å². The summed E-state index contributed by atoms with van der Waals surface area (Å²) in [6.45, 7) is 5.83. The van der Waals surface area contributed by atoms with Gasteiger partial charge >= 0.3 is 0 Å². The standard InChI is InChI=1S/C27H31N7O2S/c1-27(2,3)34-24(36)17-13-16(14-28-15-17)20-11-12-21-25(30-20)37-26(31-21)33-23-6-4-5-22(32-23)29-18-7-9-19(35)10-8-18/h4-6,11-15,18-19,35H,7-10H2,1-3H3,(H,34,36)(H2,29,31,32,33). The summed E-state index contributed by atoms with van der Waals surface area (Å²) in [5, 5.41) is 20.2. The largest absolute Gasteiger partial charge is 0.393 e. The van der Waals surface area contributed by atoms with E-state index in [1.54, 1.807) is 18.5 Å². The van der Waals surface area contributed by atoms with Gasteiger partial charge in [0, 0.05) is 29.5 Å². The molecule has 192 valence electrons. The fourth-order valence-electron chi connectivity index (χ4n) is 4.27. The molecule has 0 aromatic carbocycles. The van der Waals surface area contributed by atoms with Gasteiger partial charge < -0.3 is 21.1 Å². The molecule has 1 fully saturated rings. The lowest BCUT2D eigenvalue weighted by Gasteiger charge is -2.26. The molecule has 0 aliphatic heterocycles. The van der Waals surface area contributed by atoms with Crippen molar-refractivity contribution in [2.24, 2.45) is 0 Å². The van der Waals surface area contributed by atoms with Crippen LogP contribution in [0.3, 0.4) is 0 Å². The fourth-order valence-corrected chi connectivity index (χ4v) is 5.12. The minimum atomic E-state index is -0.333. The minimum absolute atomic E-state index is 0.169. The van der Waals surface area contributed by atoms with Crippen molar-refractivity contribution in [3.8, 4) is 11.3 Å². The number of carbonyl (C=O) groups excluding carboxylic acids is 1. The Morgan fingerprint density at radius 1 is 1.00 bits per heavy atom. The second-order valence-corrected chi connectivity index (χ2v) is 11.4. The van der Waals surface area contributed by atoms with Gasteiger partial charge in [0.05, 0.1) is 17.4 Å². The number of fused-ring (bicyclic) bond motifs is 1. The smallest absolute Gasteiger partial charge is 0.253 e. The molecular weight excluding hydrogens is 486 g/mol. The van der Waals surface area contributed by atoms with Crippen LogP contribution in [0.15, 0.2) is 48.8 Å². The van der Waals surface area contributed by atoms with Gasteiger partial charge in [-0.2, -0.15) is 0 Å². The molecule has 5 rings (SSSR count). The quantitative estimate of drug-likeness (QED) is 0.277. The number of carbonyl (C=O) groups is 1. The summed E-state index contributed by atoms with van der Waals surface area (Å²) < 4.78 is 0. The lowest BCUT2D eigenvalue weighted by Crippen LogP contribution is -2.40. The average Bonchev–Trinajstić information content (AvgIpc) is 3.26. The SMILES string of the molecule is CC(C)(C)NC(=O)c1cncc(-c2ccc3nc(Nc4cccc(NC5CCC(O)CC5)n4)sc3n2)c1. The summed E-state index contributed by atoms with van der Waals surface area (Å²) in [6.07, 6.45) is 6.60. The van der Waals surface area contributed by atoms with Crippen LogP contribution in [0.25, 0.3) is 21.6 Å². The Balaban J connectivity index is 1.31. The zero-order chi connectivity index (χ0) is 26.0. The summed E-state index contributed by atoms with van der Waals surface area (Å²) in [6, 6.07) is 11.7. The number of aliphatic hydroxyl groups excluding tert-OH is 1. The van der Waals surface area contributed by atoms with Crippen LogP contribution in [0, 0.1) is 0 Å². The molecule has 0 bridgehead atoms. The number of nitrogens with zero attached hydrogens (tertiary/aromatic N) is 4. The van der Waals surface area contributed by atoms with Crippen molar-refractivity contribution < 1.29 is 9.90 Å². The number of pyridine rings is 3. The summed E-state index contributed by atoms with van der Waals surface area (Å²) in [4.78, 5) is 31.7. The number of aromatic nitrogens is 4. The molecule has 0 spiro atoms. The second kappa shape index (κ2) is 10.4. The first-order valence-electron chi connectivity index (χ1n) is 12.5. The molecule has 4 heterocycles. The molecule has 9 nitrogen and oxygen atoms in total. The van der Waals surface area contributed by atoms with E-state index in [1.165, 1.54) is 11.3 Å². The summed E-state index contributed by atoms with van der Waals surface area (Å²) in [5.41, 5.74) is 2.43. The molecule has 1 amide bonds. The lowest BCUT2D eigenvalue weighted by atomic mass is 9.93. The van der Waals surface area contributed by atoms with E-state index in [4.69, 9.17) is 4.98 Å². The molecule has 4 N–H and O–H groups in total. The van der Waals surface area contributed by atoms with Crippen LogP contribution in [-0.2, 0) is 0 Å². The number of hydrogen-bond acceptors (Lipinski definition) is 9. The number of amides is 1. The molecule has 1 aliphatic carbocycles. The second-order valence-electron chi connectivity index (χ2n) is 10.4. The lowest BCUT2D eigenvalue weighted by molar-refractivity contribution is 0.0919. The van der Waals surface area contributed by atoms with E-state index in [-0.39, 0.29) is 17.6 Å². The van der Waals surface area contributed by atoms with Gasteiger partial charge in [-0.05, 0) is 76.8 Å². The van der Waals surface area contributed by atoms with Gasteiger partial charge in [0.2, 0.25) is 0 Å². The van der Waals surface area contributed by atoms with Crippen LogP contribution in [0.1, 0.15) is 56.8 Å². The topological polar surface area (TPSA) is 125 Å². The van der Waals surface area contributed by atoms with E-state index in [0.29, 0.717) is 22.6 Å². The molecule has 1 saturated carbocycles. The van der Waals surface area contributed by atoms with Crippen LogP contribution in [0.2, 0.25) is 0 Å². The number of nitrogens with one attached hydrogen (secondary N) is 3. The Morgan fingerprint density at radius 3 is 2.57 bits per heavy atom. The van der Waals surface area contributed by atoms with Gasteiger partial charge in [-0.3, -0.25) is 9.78 Å². The molecular formula is C27H31N7O2S. The van der Waals surface area contributed by atoms with Crippen molar-refractivity contribution in [2.45, 2.75) is 64.1 Å². The van der Waals surface area contributed by atoms with E-state index in [9.17, 15) is 9.90 Å². The third-order valence-corrected chi connectivity index (χ3v) is 6.95. The number of hydrogen-bond donors (Lipinski definition) is 4. The van der Waals surface area contributed by atoms with Crippen molar-refractivity contribution in [1.82, 2.24) is 25.3 Å². The van der Waals surface area contributed by atoms with Crippen molar-refractivity contribution >= 4 is 44.4 Å². The first kappa shape index (κ1) is 25.0. The molecule has 0 atom stereocenters. The third-order valence-electron chi connectivity index (χ3n) is 6.07. The van der Waals surface area contributed by atoms with E-state index in [0.717, 1.165) is 53.1 Å². The van der Waals surface area contributed by atoms with Crippen molar-refractivity contribution in [1.29, 1.82) is 0 Å². The highest BCUT2D eigenvalue weighted by Gasteiger charge is 2.20. The fraction of sp³-hybridized carbons (Fsp3) is 0.370. The molecule has 4 aromatic heterocycles. The molecule has 0 unspecified atom stereocenters. The Bertz CT molecular complexity index is 1410. The van der Waals surface area contributed by atoms with Gasteiger partial charge in [-0.25, -0.2) is 15.0 Å². The number of aliphatic hydroxyl groups is 1. The normalized spacial score (nSPS) is 17.9.